The largest absolute Gasteiger partial charge is 0.391 e. The summed E-state index contributed by atoms with van der Waals surface area (Å²) >= 11 is 5.80. The lowest BCUT2D eigenvalue weighted by Crippen LogP contribution is -2.25. The zero-order valence-electron chi connectivity index (χ0n) is 7.93. The van der Waals surface area contributed by atoms with Crippen LogP contribution in [0.2, 0.25) is 5.02 Å². The molecule has 0 radical (unpaired) electrons. The van der Waals surface area contributed by atoms with Gasteiger partial charge in [-0.2, -0.15) is 0 Å². The fourth-order valence-electron chi connectivity index (χ4n) is 1.25. The Bertz CT molecular complexity index is 306. The van der Waals surface area contributed by atoms with E-state index in [1.165, 1.54) is 12.1 Å². The topological polar surface area (TPSA) is 32.3 Å². The molecule has 1 aromatic rings. The Kier molecular flexibility index (Phi) is 4.32. The van der Waals surface area contributed by atoms with Crippen molar-refractivity contribution in [2.24, 2.45) is 0 Å². The van der Waals surface area contributed by atoms with E-state index in [1.807, 2.05) is 0 Å². The van der Waals surface area contributed by atoms with Gasteiger partial charge < -0.3 is 10.4 Å². The first-order valence-corrected chi connectivity index (χ1v) is 4.78. The van der Waals surface area contributed by atoms with Crippen LogP contribution >= 0.6 is 11.6 Å². The van der Waals surface area contributed by atoms with Gasteiger partial charge in [-0.15, -0.1) is 0 Å². The molecule has 1 unspecified atom stereocenters. The predicted octanol–water partition coefficient (Wildman–Crippen LogP) is 1.60. The molecule has 14 heavy (non-hydrogen) atoms. The number of nitrogens with one attached hydrogen (secondary N) is 1. The molecule has 0 amide bonds. The standard InChI is InChI=1S/C10H13ClFNO/c1-13-6-9(14)4-7-2-3-8(12)5-10(7)11/h2-3,5,9,13-14H,4,6H2,1H3. The second-order valence-corrected chi connectivity index (χ2v) is 3.56. The lowest BCUT2D eigenvalue weighted by atomic mass is 10.1. The van der Waals surface area contributed by atoms with Crippen LogP contribution in [-0.4, -0.2) is 24.8 Å². The molecule has 0 aliphatic heterocycles. The van der Waals surface area contributed by atoms with Crippen molar-refractivity contribution in [3.8, 4) is 0 Å². The SMILES string of the molecule is CNCC(O)Cc1ccc(F)cc1Cl. The average Bonchev–Trinajstić information content (AvgIpc) is 2.10. The number of rotatable bonds is 4. The Balaban J connectivity index is 2.67. The molecule has 0 aliphatic rings. The molecule has 1 aromatic carbocycles. The second kappa shape index (κ2) is 5.29. The summed E-state index contributed by atoms with van der Waals surface area (Å²) in [6.07, 6.45) is -0.0667. The molecule has 1 atom stereocenters. The first kappa shape index (κ1) is 11.4. The van der Waals surface area contributed by atoms with E-state index >= 15 is 0 Å². The minimum Gasteiger partial charge on any atom is -0.391 e. The Morgan fingerprint density at radius 1 is 1.57 bits per heavy atom. The third-order valence-corrected chi connectivity index (χ3v) is 2.26. The fourth-order valence-corrected chi connectivity index (χ4v) is 1.49. The molecule has 0 saturated heterocycles. The summed E-state index contributed by atoms with van der Waals surface area (Å²) in [4.78, 5) is 0. The lowest BCUT2D eigenvalue weighted by molar-refractivity contribution is 0.175. The summed E-state index contributed by atoms with van der Waals surface area (Å²) in [6.45, 7) is 0.494. The Morgan fingerprint density at radius 3 is 2.86 bits per heavy atom. The van der Waals surface area contributed by atoms with Crippen molar-refractivity contribution in [3.63, 3.8) is 0 Å². The highest BCUT2D eigenvalue weighted by Gasteiger charge is 2.08. The third-order valence-electron chi connectivity index (χ3n) is 1.91. The zero-order chi connectivity index (χ0) is 10.6. The summed E-state index contributed by atoms with van der Waals surface area (Å²) < 4.78 is 12.7. The second-order valence-electron chi connectivity index (χ2n) is 3.15. The lowest BCUT2D eigenvalue weighted by Gasteiger charge is -2.10. The molecule has 0 spiro atoms. The minimum atomic E-state index is -0.497. The van der Waals surface area contributed by atoms with Crippen LogP contribution < -0.4 is 5.32 Å². The minimum absolute atomic E-state index is 0.359. The van der Waals surface area contributed by atoms with Crippen molar-refractivity contribution in [1.82, 2.24) is 5.32 Å². The van der Waals surface area contributed by atoms with Crippen molar-refractivity contribution in [1.29, 1.82) is 0 Å². The number of hydrogen-bond acceptors (Lipinski definition) is 2. The average molecular weight is 218 g/mol. The van der Waals surface area contributed by atoms with Gasteiger partial charge >= 0.3 is 0 Å². The van der Waals surface area contributed by atoms with Crippen LogP contribution in [0.3, 0.4) is 0 Å². The van der Waals surface area contributed by atoms with Crippen LogP contribution in [0.4, 0.5) is 4.39 Å². The van der Waals surface area contributed by atoms with Crippen LogP contribution in [0, 0.1) is 5.82 Å². The molecule has 78 valence electrons. The molecule has 2 nitrogen and oxygen atoms in total. The van der Waals surface area contributed by atoms with Crippen LogP contribution in [0.15, 0.2) is 18.2 Å². The molecule has 1 rings (SSSR count). The molecule has 0 fully saturated rings. The van der Waals surface area contributed by atoms with Crippen molar-refractivity contribution in [3.05, 3.63) is 34.6 Å². The van der Waals surface area contributed by atoms with E-state index in [2.05, 4.69) is 5.32 Å². The molecular formula is C10H13ClFNO. The van der Waals surface area contributed by atoms with E-state index in [0.29, 0.717) is 18.0 Å². The van der Waals surface area contributed by atoms with Gasteiger partial charge in [-0.3, -0.25) is 0 Å². The number of aliphatic hydroxyl groups is 1. The molecule has 0 aromatic heterocycles. The third kappa shape index (κ3) is 3.25. The summed E-state index contributed by atoms with van der Waals surface area (Å²) in [5.41, 5.74) is 0.760. The molecule has 4 heteroatoms. The predicted molar refractivity (Wildman–Crippen MR) is 55.0 cm³/mol. The van der Waals surface area contributed by atoms with Gasteiger partial charge in [-0.25, -0.2) is 4.39 Å². The quantitative estimate of drug-likeness (QED) is 0.803. The maximum Gasteiger partial charge on any atom is 0.124 e. The smallest absolute Gasteiger partial charge is 0.124 e. The number of benzene rings is 1. The van der Waals surface area contributed by atoms with Crippen molar-refractivity contribution >= 4 is 11.6 Å². The van der Waals surface area contributed by atoms with Crippen molar-refractivity contribution in [2.75, 3.05) is 13.6 Å². The van der Waals surface area contributed by atoms with E-state index in [9.17, 15) is 9.50 Å². The van der Waals surface area contributed by atoms with E-state index in [-0.39, 0.29) is 5.82 Å². The van der Waals surface area contributed by atoms with Crippen LogP contribution in [-0.2, 0) is 6.42 Å². The maximum atomic E-state index is 12.7. The zero-order valence-corrected chi connectivity index (χ0v) is 8.68. The molecular weight excluding hydrogens is 205 g/mol. The van der Waals surface area contributed by atoms with Crippen LogP contribution in [0.25, 0.3) is 0 Å². The summed E-state index contributed by atoms with van der Waals surface area (Å²) in [5, 5.41) is 12.7. The van der Waals surface area contributed by atoms with Gasteiger partial charge in [0, 0.05) is 18.0 Å². The fraction of sp³-hybridized carbons (Fsp3) is 0.400. The van der Waals surface area contributed by atoms with Gasteiger partial charge in [-0.1, -0.05) is 17.7 Å². The normalized spacial score (nSPS) is 12.9. The van der Waals surface area contributed by atoms with Crippen LogP contribution in [0.1, 0.15) is 5.56 Å². The molecule has 0 aliphatic carbocycles. The summed E-state index contributed by atoms with van der Waals surface area (Å²) in [6, 6.07) is 4.19. The van der Waals surface area contributed by atoms with Gasteiger partial charge in [-0.05, 0) is 24.7 Å². The van der Waals surface area contributed by atoms with Gasteiger partial charge in [0.1, 0.15) is 5.82 Å². The number of likely N-dealkylation sites (N-methyl/N-ethyl adjacent to an activating group) is 1. The summed E-state index contributed by atoms with van der Waals surface area (Å²) in [7, 11) is 1.76. The molecule has 0 saturated carbocycles. The first-order valence-electron chi connectivity index (χ1n) is 4.40. The molecule has 2 N–H and O–H groups in total. The van der Waals surface area contributed by atoms with Crippen molar-refractivity contribution < 1.29 is 9.50 Å². The number of aliphatic hydroxyl groups excluding tert-OH is 1. The maximum absolute atomic E-state index is 12.7. The Hall–Kier alpha value is -0.640. The molecule has 0 heterocycles. The molecule has 0 bridgehead atoms. The Morgan fingerprint density at radius 2 is 2.29 bits per heavy atom. The number of hydrogen-bond donors (Lipinski definition) is 2. The highest BCUT2D eigenvalue weighted by atomic mass is 35.5. The summed E-state index contributed by atoms with van der Waals surface area (Å²) in [5.74, 6) is -0.359. The monoisotopic (exact) mass is 217 g/mol. The number of halogens is 2. The van der Waals surface area contributed by atoms with E-state index in [1.54, 1.807) is 13.1 Å². The highest BCUT2D eigenvalue weighted by molar-refractivity contribution is 6.31. The highest BCUT2D eigenvalue weighted by Crippen LogP contribution is 2.18. The van der Waals surface area contributed by atoms with Gasteiger partial charge in [0.05, 0.1) is 6.10 Å². The Labute approximate surface area is 87.7 Å². The van der Waals surface area contributed by atoms with E-state index in [0.717, 1.165) is 5.56 Å². The van der Waals surface area contributed by atoms with E-state index < -0.39 is 6.10 Å². The van der Waals surface area contributed by atoms with Gasteiger partial charge in [0.15, 0.2) is 0 Å². The van der Waals surface area contributed by atoms with Gasteiger partial charge in [0.25, 0.3) is 0 Å². The first-order chi connectivity index (χ1) is 6.63. The van der Waals surface area contributed by atoms with E-state index in [4.69, 9.17) is 11.6 Å². The van der Waals surface area contributed by atoms with Gasteiger partial charge in [0.2, 0.25) is 0 Å². The van der Waals surface area contributed by atoms with Crippen LogP contribution in [0.5, 0.6) is 0 Å². The van der Waals surface area contributed by atoms with Crippen molar-refractivity contribution in [2.45, 2.75) is 12.5 Å².